The number of hydrogen-bond acceptors (Lipinski definition) is 2. The highest BCUT2D eigenvalue weighted by molar-refractivity contribution is 9.10. The Kier molecular flexibility index (Phi) is 5.51. The third kappa shape index (κ3) is 4.28. The molecule has 3 aromatic carbocycles. The molecule has 0 aromatic heterocycles. The molecule has 0 aliphatic heterocycles. The zero-order chi connectivity index (χ0) is 17.6. The zero-order valence-electron chi connectivity index (χ0n) is 13.8. The van der Waals surface area contributed by atoms with Gasteiger partial charge in [0.15, 0.2) is 0 Å². The van der Waals surface area contributed by atoms with Gasteiger partial charge in [-0.15, -0.1) is 0 Å². The molecule has 3 rings (SSSR count). The Hall–Kier alpha value is -2.59. The van der Waals surface area contributed by atoms with Crippen molar-refractivity contribution in [1.29, 1.82) is 0 Å². The molecule has 3 nitrogen and oxygen atoms in total. The highest BCUT2D eigenvalue weighted by atomic mass is 79.9. The molecule has 0 saturated heterocycles. The largest absolute Gasteiger partial charge is 0.497 e. The molecule has 0 bridgehead atoms. The van der Waals surface area contributed by atoms with E-state index in [4.69, 9.17) is 4.74 Å². The lowest BCUT2D eigenvalue weighted by Crippen LogP contribution is -2.29. The summed E-state index contributed by atoms with van der Waals surface area (Å²) in [6.07, 6.45) is 0. The van der Waals surface area contributed by atoms with Crippen molar-refractivity contribution >= 4 is 21.8 Å². The molecular formula is C21H18BrNO2. The number of nitrogens with one attached hydrogen (secondary N) is 1. The van der Waals surface area contributed by atoms with Crippen LogP contribution in [0.25, 0.3) is 0 Å². The van der Waals surface area contributed by atoms with Crippen molar-refractivity contribution in [2.45, 2.75) is 6.04 Å². The lowest BCUT2D eigenvalue weighted by atomic mass is 9.98. The van der Waals surface area contributed by atoms with E-state index in [0.29, 0.717) is 11.3 Å². The molecule has 0 aliphatic carbocycles. The van der Waals surface area contributed by atoms with Gasteiger partial charge in [0, 0.05) is 10.0 Å². The number of methoxy groups -OCH3 is 1. The van der Waals surface area contributed by atoms with Gasteiger partial charge in [-0.3, -0.25) is 4.79 Å². The minimum atomic E-state index is -0.229. The molecule has 0 aliphatic rings. The first-order valence-electron chi connectivity index (χ1n) is 7.92. The van der Waals surface area contributed by atoms with Crippen LogP contribution in [0.4, 0.5) is 0 Å². The Balaban J connectivity index is 1.92. The summed E-state index contributed by atoms with van der Waals surface area (Å²) in [7, 11) is 1.59. The van der Waals surface area contributed by atoms with Crippen molar-refractivity contribution in [2.75, 3.05) is 7.11 Å². The second-order valence-electron chi connectivity index (χ2n) is 5.60. The lowest BCUT2D eigenvalue weighted by Gasteiger charge is -2.20. The fourth-order valence-corrected chi connectivity index (χ4v) is 2.90. The molecule has 0 unspecified atom stereocenters. The van der Waals surface area contributed by atoms with Crippen LogP contribution >= 0.6 is 15.9 Å². The molecule has 1 amide bonds. The van der Waals surface area contributed by atoms with Gasteiger partial charge in [-0.1, -0.05) is 64.5 Å². The molecule has 4 heteroatoms. The summed E-state index contributed by atoms with van der Waals surface area (Å²) in [6, 6.07) is 24.8. The van der Waals surface area contributed by atoms with Gasteiger partial charge in [0.1, 0.15) is 5.75 Å². The molecular weight excluding hydrogens is 378 g/mol. The van der Waals surface area contributed by atoms with Gasteiger partial charge in [-0.25, -0.2) is 0 Å². The lowest BCUT2D eigenvalue weighted by molar-refractivity contribution is 0.0942. The topological polar surface area (TPSA) is 38.3 Å². The molecule has 0 heterocycles. The van der Waals surface area contributed by atoms with Gasteiger partial charge in [0.05, 0.1) is 13.2 Å². The Morgan fingerprint density at radius 2 is 1.60 bits per heavy atom. The smallest absolute Gasteiger partial charge is 0.252 e. The second-order valence-corrected chi connectivity index (χ2v) is 6.52. The number of halogens is 1. The third-order valence-corrected chi connectivity index (χ3v) is 4.47. The highest BCUT2D eigenvalue weighted by Gasteiger charge is 2.18. The summed E-state index contributed by atoms with van der Waals surface area (Å²) in [5.41, 5.74) is 2.61. The van der Waals surface area contributed by atoms with Crippen LogP contribution in [0.1, 0.15) is 27.5 Å². The summed E-state index contributed by atoms with van der Waals surface area (Å²) in [4.78, 5) is 12.8. The van der Waals surface area contributed by atoms with Crippen molar-refractivity contribution in [3.8, 4) is 5.75 Å². The van der Waals surface area contributed by atoms with Crippen molar-refractivity contribution in [3.63, 3.8) is 0 Å². The molecule has 0 spiro atoms. The predicted octanol–water partition coefficient (Wildman–Crippen LogP) is 4.98. The van der Waals surface area contributed by atoms with Crippen LogP contribution in [-0.4, -0.2) is 13.0 Å². The first kappa shape index (κ1) is 17.2. The Bertz CT molecular complexity index is 847. The first-order chi connectivity index (χ1) is 12.2. The standard InChI is InChI=1S/C21H18BrNO2/c1-25-19-9-5-8-17(14-19)21(24)23-20(15-6-3-2-4-7-15)16-10-12-18(22)13-11-16/h2-14,20H,1H3,(H,23,24)/t20-/m0/s1. The maximum absolute atomic E-state index is 12.8. The Morgan fingerprint density at radius 3 is 2.28 bits per heavy atom. The molecule has 126 valence electrons. The maximum Gasteiger partial charge on any atom is 0.252 e. The van der Waals surface area contributed by atoms with Gasteiger partial charge in [0.25, 0.3) is 5.91 Å². The van der Waals surface area contributed by atoms with Crippen molar-refractivity contribution in [2.24, 2.45) is 0 Å². The van der Waals surface area contributed by atoms with E-state index in [1.807, 2.05) is 66.7 Å². The average Bonchev–Trinajstić information content (AvgIpc) is 2.67. The third-order valence-electron chi connectivity index (χ3n) is 3.94. The van der Waals surface area contributed by atoms with E-state index < -0.39 is 0 Å². The quantitative estimate of drug-likeness (QED) is 0.661. The monoisotopic (exact) mass is 395 g/mol. The molecule has 0 saturated carbocycles. The number of rotatable bonds is 5. The number of amides is 1. The minimum Gasteiger partial charge on any atom is -0.497 e. The summed E-state index contributed by atoms with van der Waals surface area (Å²) in [6.45, 7) is 0. The SMILES string of the molecule is COc1cccc(C(=O)N[C@@H](c2ccccc2)c2ccc(Br)cc2)c1. The number of hydrogen-bond donors (Lipinski definition) is 1. The van der Waals surface area contributed by atoms with Gasteiger partial charge in [-0.05, 0) is 41.5 Å². The second kappa shape index (κ2) is 7.99. The number of carbonyl (C=O) groups excluding carboxylic acids is 1. The van der Waals surface area contributed by atoms with E-state index in [2.05, 4.69) is 21.2 Å². The van der Waals surface area contributed by atoms with Gasteiger partial charge >= 0.3 is 0 Å². The van der Waals surface area contributed by atoms with Gasteiger partial charge < -0.3 is 10.1 Å². The molecule has 25 heavy (non-hydrogen) atoms. The van der Waals surface area contributed by atoms with Crippen LogP contribution in [0.5, 0.6) is 5.75 Å². The zero-order valence-corrected chi connectivity index (χ0v) is 15.4. The number of ether oxygens (including phenoxy) is 1. The summed E-state index contributed by atoms with van der Waals surface area (Å²) < 4.78 is 6.21. The van der Waals surface area contributed by atoms with Crippen LogP contribution in [0.15, 0.2) is 83.3 Å². The van der Waals surface area contributed by atoms with Crippen LogP contribution in [0, 0.1) is 0 Å². The summed E-state index contributed by atoms with van der Waals surface area (Å²) in [5.74, 6) is 0.517. The van der Waals surface area contributed by atoms with E-state index >= 15 is 0 Å². The average molecular weight is 396 g/mol. The Labute approximate surface area is 155 Å². The van der Waals surface area contributed by atoms with Crippen molar-refractivity contribution in [1.82, 2.24) is 5.32 Å². The minimum absolute atomic E-state index is 0.143. The first-order valence-corrected chi connectivity index (χ1v) is 8.72. The van der Waals surface area contributed by atoms with Crippen LogP contribution in [0.3, 0.4) is 0 Å². The molecule has 3 aromatic rings. The maximum atomic E-state index is 12.8. The van der Waals surface area contributed by atoms with E-state index in [9.17, 15) is 4.79 Å². The fraction of sp³-hybridized carbons (Fsp3) is 0.0952. The van der Waals surface area contributed by atoms with Gasteiger partial charge in [0.2, 0.25) is 0 Å². The summed E-state index contributed by atoms with van der Waals surface area (Å²) in [5, 5.41) is 3.13. The van der Waals surface area contributed by atoms with E-state index in [1.54, 1.807) is 19.2 Å². The molecule has 1 N–H and O–H groups in total. The summed E-state index contributed by atoms with van der Waals surface area (Å²) >= 11 is 3.45. The molecule has 1 atom stereocenters. The molecule has 0 fully saturated rings. The van der Waals surface area contributed by atoms with Crippen molar-refractivity contribution in [3.05, 3.63) is 100 Å². The van der Waals surface area contributed by atoms with E-state index in [1.165, 1.54) is 0 Å². The van der Waals surface area contributed by atoms with E-state index in [0.717, 1.165) is 15.6 Å². The Morgan fingerprint density at radius 1 is 0.920 bits per heavy atom. The predicted molar refractivity (Wildman–Crippen MR) is 103 cm³/mol. The van der Waals surface area contributed by atoms with Crippen LogP contribution in [0.2, 0.25) is 0 Å². The molecule has 0 radical (unpaired) electrons. The van der Waals surface area contributed by atoms with E-state index in [-0.39, 0.29) is 11.9 Å². The highest BCUT2D eigenvalue weighted by Crippen LogP contribution is 2.24. The number of carbonyl (C=O) groups is 1. The van der Waals surface area contributed by atoms with Crippen molar-refractivity contribution < 1.29 is 9.53 Å². The normalized spacial score (nSPS) is 11.6. The fourth-order valence-electron chi connectivity index (χ4n) is 2.64. The van der Waals surface area contributed by atoms with Crippen LogP contribution < -0.4 is 10.1 Å². The number of benzene rings is 3. The van der Waals surface area contributed by atoms with Crippen LogP contribution in [-0.2, 0) is 0 Å². The van der Waals surface area contributed by atoms with Gasteiger partial charge in [-0.2, -0.15) is 0 Å².